The summed E-state index contributed by atoms with van der Waals surface area (Å²) in [7, 11) is 0. The van der Waals surface area contributed by atoms with Gasteiger partial charge in [-0.2, -0.15) is 0 Å². The lowest BCUT2D eigenvalue weighted by atomic mass is 10.1. The number of nitrogens with one attached hydrogen (secondary N) is 1. The third kappa shape index (κ3) is 4.59. The summed E-state index contributed by atoms with van der Waals surface area (Å²) in [6, 6.07) is 12.2. The Balaban J connectivity index is 1.94. The van der Waals surface area contributed by atoms with Gasteiger partial charge in [-0.25, -0.2) is 0 Å². The molecule has 0 radical (unpaired) electrons. The average molecular weight is 311 g/mol. The molecule has 1 unspecified atom stereocenters. The maximum Gasteiger partial charge on any atom is 0.258 e. The van der Waals surface area contributed by atoms with Crippen LogP contribution in [0, 0.1) is 27.7 Å². The number of carbonyl (C=O) groups excluding carboxylic acids is 1. The summed E-state index contributed by atoms with van der Waals surface area (Å²) >= 11 is 0. The van der Waals surface area contributed by atoms with Crippen LogP contribution in [0.25, 0.3) is 0 Å². The predicted molar refractivity (Wildman–Crippen MR) is 93.9 cm³/mol. The Morgan fingerprint density at radius 3 is 2.35 bits per heavy atom. The van der Waals surface area contributed by atoms with Gasteiger partial charge in [-0.3, -0.25) is 4.79 Å². The summed E-state index contributed by atoms with van der Waals surface area (Å²) in [5.41, 5.74) is 5.69. The second-order valence-electron chi connectivity index (χ2n) is 6.19. The first-order valence-corrected chi connectivity index (χ1v) is 7.93. The van der Waals surface area contributed by atoms with E-state index in [4.69, 9.17) is 4.74 Å². The molecule has 0 fully saturated rings. The molecule has 0 heterocycles. The van der Waals surface area contributed by atoms with Crippen LogP contribution < -0.4 is 10.1 Å². The Labute approximate surface area is 138 Å². The van der Waals surface area contributed by atoms with Gasteiger partial charge in [0.1, 0.15) is 5.75 Å². The zero-order valence-corrected chi connectivity index (χ0v) is 14.6. The van der Waals surface area contributed by atoms with E-state index in [0.717, 1.165) is 22.4 Å². The maximum atomic E-state index is 12.1. The molecule has 1 amide bonds. The molecule has 2 aromatic rings. The zero-order valence-electron chi connectivity index (χ0n) is 14.6. The third-order valence-corrected chi connectivity index (χ3v) is 4.08. The van der Waals surface area contributed by atoms with E-state index in [0.29, 0.717) is 0 Å². The Kier molecular flexibility index (Phi) is 5.43. The summed E-state index contributed by atoms with van der Waals surface area (Å²) in [5.74, 6) is 0.664. The van der Waals surface area contributed by atoms with Gasteiger partial charge in [0.25, 0.3) is 5.91 Å². The van der Waals surface area contributed by atoms with Crippen LogP contribution >= 0.6 is 0 Å². The lowest BCUT2D eigenvalue weighted by Crippen LogP contribution is -2.31. The van der Waals surface area contributed by atoms with Gasteiger partial charge in [-0.15, -0.1) is 0 Å². The van der Waals surface area contributed by atoms with Crippen molar-refractivity contribution < 1.29 is 9.53 Å². The van der Waals surface area contributed by atoms with E-state index in [-0.39, 0.29) is 18.6 Å². The second-order valence-corrected chi connectivity index (χ2v) is 6.19. The highest BCUT2D eigenvalue weighted by Crippen LogP contribution is 2.23. The monoisotopic (exact) mass is 311 g/mol. The summed E-state index contributed by atoms with van der Waals surface area (Å²) < 4.78 is 5.70. The molecule has 1 atom stereocenters. The van der Waals surface area contributed by atoms with E-state index in [1.165, 1.54) is 11.1 Å². The number of ether oxygens (including phenoxy) is 1. The van der Waals surface area contributed by atoms with E-state index in [1.807, 2.05) is 58.0 Å². The number of aryl methyl sites for hydroxylation is 3. The molecule has 23 heavy (non-hydrogen) atoms. The maximum absolute atomic E-state index is 12.1. The van der Waals surface area contributed by atoms with Crippen LogP contribution in [0.1, 0.15) is 40.8 Å². The smallest absolute Gasteiger partial charge is 0.258 e. The fourth-order valence-electron chi connectivity index (χ4n) is 2.52. The molecule has 122 valence electrons. The van der Waals surface area contributed by atoms with E-state index in [9.17, 15) is 4.79 Å². The molecule has 0 aliphatic rings. The molecular formula is C20H25NO2. The largest absolute Gasteiger partial charge is 0.483 e. The molecule has 2 aromatic carbocycles. The van der Waals surface area contributed by atoms with Gasteiger partial charge < -0.3 is 10.1 Å². The zero-order chi connectivity index (χ0) is 17.0. The van der Waals surface area contributed by atoms with Gasteiger partial charge in [-0.05, 0) is 62.9 Å². The summed E-state index contributed by atoms with van der Waals surface area (Å²) in [6.07, 6.45) is 0. The van der Waals surface area contributed by atoms with Gasteiger partial charge in [0, 0.05) is 0 Å². The van der Waals surface area contributed by atoms with E-state index in [2.05, 4.69) is 18.3 Å². The van der Waals surface area contributed by atoms with Crippen LogP contribution in [0.5, 0.6) is 5.75 Å². The van der Waals surface area contributed by atoms with Crippen molar-refractivity contribution in [1.82, 2.24) is 5.32 Å². The molecule has 1 N–H and O–H groups in total. The minimum absolute atomic E-state index is 0.0277. The molecule has 0 bridgehead atoms. The second kappa shape index (κ2) is 7.32. The van der Waals surface area contributed by atoms with E-state index >= 15 is 0 Å². The quantitative estimate of drug-likeness (QED) is 0.899. The molecule has 3 heteroatoms. The van der Waals surface area contributed by atoms with Crippen LogP contribution in [0.3, 0.4) is 0 Å². The van der Waals surface area contributed by atoms with Gasteiger partial charge in [-0.1, -0.05) is 35.9 Å². The Hall–Kier alpha value is -2.29. The standard InChI is InChI=1S/C20H25NO2/c1-13-6-8-18(9-7-13)17(5)21-20(22)12-23-19-11-14(2)10-15(3)16(19)4/h6-11,17H,12H2,1-5H3,(H,21,22). The number of carbonyl (C=O) groups is 1. The van der Waals surface area contributed by atoms with Crippen LogP contribution in [0.4, 0.5) is 0 Å². The molecule has 2 rings (SSSR count). The van der Waals surface area contributed by atoms with Crippen molar-refractivity contribution in [3.8, 4) is 5.75 Å². The topological polar surface area (TPSA) is 38.3 Å². The highest BCUT2D eigenvalue weighted by Gasteiger charge is 2.11. The van der Waals surface area contributed by atoms with E-state index < -0.39 is 0 Å². The first-order chi connectivity index (χ1) is 10.9. The van der Waals surface area contributed by atoms with Crippen molar-refractivity contribution in [2.24, 2.45) is 0 Å². The lowest BCUT2D eigenvalue weighted by Gasteiger charge is -2.16. The van der Waals surface area contributed by atoms with Crippen LogP contribution in [0.2, 0.25) is 0 Å². The fraction of sp³-hybridized carbons (Fsp3) is 0.350. The summed E-state index contributed by atoms with van der Waals surface area (Å²) in [5, 5.41) is 2.97. The van der Waals surface area contributed by atoms with Crippen molar-refractivity contribution in [3.63, 3.8) is 0 Å². The Morgan fingerprint density at radius 1 is 1.04 bits per heavy atom. The number of rotatable bonds is 5. The molecule has 0 saturated heterocycles. The number of benzene rings is 2. The summed E-state index contributed by atoms with van der Waals surface area (Å²) in [4.78, 5) is 12.1. The van der Waals surface area contributed by atoms with Crippen molar-refractivity contribution in [2.45, 2.75) is 40.7 Å². The first-order valence-electron chi connectivity index (χ1n) is 7.93. The molecular weight excluding hydrogens is 286 g/mol. The van der Waals surface area contributed by atoms with E-state index in [1.54, 1.807) is 0 Å². The number of amides is 1. The molecule has 3 nitrogen and oxygen atoms in total. The molecule has 0 aliphatic carbocycles. The van der Waals surface area contributed by atoms with Crippen molar-refractivity contribution in [1.29, 1.82) is 0 Å². The molecule has 0 saturated carbocycles. The molecule has 0 aliphatic heterocycles. The normalized spacial score (nSPS) is 11.9. The highest BCUT2D eigenvalue weighted by molar-refractivity contribution is 5.78. The van der Waals surface area contributed by atoms with Crippen LogP contribution in [-0.2, 0) is 4.79 Å². The Bertz CT molecular complexity index is 690. The van der Waals surface area contributed by atoms with Crippen LogP contribution in [-0.4, -0.2) is 12.5 Å². The van der Waals surface area contributed by atoms with Crippen LogP contribution in [0.15, 0.2) is 36.4 Å². The average Bonchev–Trinajstić information content (AvgIpc) is 2.50. The van der Waals surface area contributed by atoms with Gasteiger partial charge >= 0.3 is 0 Å². The van der Waals surface area contributed by atoms with Gasteiger partial charge in [0.15, 0.2) is 6.61 Å². The Morgan fingerprint density at radius 2 is 1.70 bits per heavy atom. The minimum Gasteiger partial charge on any atom is -0.483 e. The molecule has 0 aromatic heterocycles. The SMILES string of the molecule is Cc1ccc(C(C)NC(=O)COc2cc(C)cc(C)c2C)cc1. The predicted octanol–water partition coefficient (Wildman–Crippen LogP) is 4.18. The van der Waals surface area contributed by atoms with Gasteiger partial charge in [0.2, 0.25) is 0 Å². The highest BCUT2D eigenvalue weighted by atomic mass is 16.5. The number of hydrogen-bond donors (Lipinski definition) is 1. The third-order valence-electron chi connectivity index (χ3n) is 4.08. The molecule has 0 spiro atoms. The fourth-order valence-corrected chi connectivity index (χ4v) is 2.52. The van der Waals surface area contributed by atoms with Crippen molar-refractivity contribution in [2.75, 3.05) is 6.61 Å². The lowest BCUT2D eigenvalue weighted by molar-refractivity contribution is -0.123. The van der Waals surface area contributed by atoms with Crippen molar-refractivity contribution in [3.05, 3.63) is 64.2 Å². The minimum atomic E-state index is -0.114. The van der Waals surface area contributed by atoms with Gasteiger partial charge in [0.05, 0.1) is 6.04 Å². The number of hydrogen-bond acceptors (Lipinski definition) is 2. The summed E-state index contributed by atoms with van der Waals surface area (Å²) in [6.45, 7) is 10.1. The van der Waals surface area contributed by atoms with Crippen molar-refractivity contribution >= 4 is 5.91 Å². The first kappa shape index (κ1) is 17.1.